The number of likely N-dealkylation sites (tertiary alicyclic amines) is 1. The van der Waals surface area contributed by atoms with E-state index in [1.165, 1.54) is 4.90 Å². The van der Waals surface area contributed by atoms with E-state index in [2.05, 4.69) is 10.6 Å². The average Bonchev–Trinajstić information content (AvgIpc) is 2.72. The van der Waals surface area contributed by atoms with Gasteiger partial charge in [-0.05, 0) is 66.1 Å². The molecule has 4 atom stereocenters. The predicted octanol–water partition coefficient (Wildman–Crippen LogP) is 1.99. The van der Waals surface area contributed by atoms with Gasteiger partial charge >= 0.3 is 25.3 Å². The molecule has 5 N–H and O–H groups in total. The van der Waals surface area contributed by atoms with Crippen molar-refractivity contribution >= 4 is 31.2 Å². The summed E-state index contributed by atoms with van der Waals surface area (Å²) >= 11 is 0. The fraction of sp³-hybridized carbons (Fsp3) is 0.833. The molecule has 1 heterocycles. The highest BCUT2D eigenvalue weighted by atomic mass is 16.6. The molecule has 0 spiro atoms. The number of rotatable bonds is 9. The van der Waals surface area contributed by atoms with Crippen LogP contribution in [-0.2, 0) is 19.1 Å². The lowest BCUT2D eigenvalue weighted by molar-refractivity contribution is -0.152. The van der Waals surface area contributed by atoms with Crippen molar-refractivity contribution in [1.29, 1.82) is 0 Å². The first-order valence-corrected chi connectivity index (χ1v) is 12.7. The van der Waals surface area contributed by atoms with Gasteiger partial charge in [0.15, 0.2) is 5.54 Å². The highest BCUT2D eigenvalue weighted by Crippen LogP contribution is 2.31. The molecule has 12 nitrogen and oxygen atoms in total. The molecule has 0 aromatic carbocycles. The van der Waals surface area contributed by atoms with E-state index in [0.29, 0.717) is 6.42 Å². The molecule has 1 saturated heterocycles. The van der Waals surface area contributed by atoms with E-state index >= 15 is 0 Å². The molecule has 0 radical (unpaired) electrons. The maximum absolute atomic E-state index is 13.7. The Kier molecular flexibility index (Phi) is 11.3. The number of carboxylic acids is 1. The smallest absolute Gasteiger partial charge is 0.451 e. The molecule has 3 amide bonds. The Morgan fingerprint density at radius 3 is 2.05 bits per heavy atom. The van der Waals surface area contributed by atoms with E-state index < -0.39 is 59.9 Å². The lowest BCUT2D eigenvalue weighted by atomic mass is 9.74. The summed E-state index contributed by atoms with van der Waals surface area (Å²) < 4.78 is 10.6. The van der Waals surface area contributed by atoms with Crippen LogP contribution in [0.25, 0.3) is 0 Å². The highest BCUT2D eigenvalue weighted by molar-refractivity contribution is 6.40. The Hall–Kier alpha value is -2.54. The molecule has 1 rings (SSSR count). The van der Waals surface area contributed by atoms with E-state index in [9.17, 15) is 34.3 Å². The summed E-state index contributed by atoms with van der Waals surface area (Å²) in [6.07, 6.45) is -1.08. The van der Waals surface area contributed by atoms with Crippen molar-refractivity contribution in [3.63, 3.8) is 0 Å². The number of hydrogen-bond donors (Lipinski definition) is 5. The van der Waals surface area contributed by atoms with Crippen molar-refractivity contribution < 1.29 is 43.8 Å². The fourth-order valence-electron chi connectivity index (χ4n) is 4.18. The summed E-state index contributed by atoms with van der Waals surface area (Å²) in [4.78, 5) is 52.7. The second-order valence-electron chi connectivity index (χ2n) is 11.9. The van der Waals surface area contributed by atoms with Crippen molar-refractivity contribution in [2.75, 3.05) is 13.1 Å². The van der Waals surface area contributed by atoms with Crippen molar-refractivity contribution in [1.82, 2.24) is 15.5 Å². The van der Waals surface area contributed by atoms with Crippen molar-refractivity contribution in [3.05, 3.63) is 0 Å². The van der Waals surface area contributed by atoms with Crippen LogP contribution >= 0.6 is 0 Å². The largest absolute Gasteiger partial charge is 0.479 e. The lowest BCUT2D eigenvalue weighted by Gasteiger charge is -2.45. The first kappa shape index (κ1) is 32.5. The van der Waals surface area contributed by atoms with Crippen LogP contribution < -0.4 is 10.6 Å². The number of carbonyl (C=O) groups is 4. The normalized spacial score (nSPS) is 21.9. The number of nitrogens with one attached hydrogen (secondary N) is 2. The summed E-state index contributed by atoms with van der Waals surface area (Å²) in [5.41, 5.74) is -3.55. The molecule has 0 aliphatic carbocycles. The average molecular weight is 529 g/mol. The highest BCUT2D eigenvalue weighted by Gasteiger charge is 2.50. The molecule has 1 aliphatic rings. The van der Waals surface area contributed by atoms with E-state index in [-0.39, 0.29) is 38.2 Å². The number of piperidine rings is 1. The van der Waals surface area contributed by atoms with Crippen LogP contribution in [0.15, 0.2) is 0 Å². The zero-order valence-corrected chi connectivity index (χ0v) is 23.3. The standard InChI is InChI=1S/C24H44BN3O9/c1-9-15(2)17(26-20(32)36-22(3,4)5)18(29)28-13-16(10-11-25(34)35)12-24(14-28,19(30)31)27-21(33)37-23(6,7)8/h15-17,34-35H,9-14H2,1-8H3,(H,26,32)(H,27,33)(H,30,31)/t15-,16-,17-,24+/m0/s1. The SMILES string of the molecule is CC[C@H](C)[C@H](NC(=O)OC(C)(C)C)C(=O)N1C[C@@H](CCB(O)O)C[C@](NC(=O)OC(C)(C)C)(C(=O)O)C1. The van der Waals surface area contributed by atoms with Gasteiger partial charge in [-0.2, -0.15) is 0 Å². The third kappa shape index (κ3) is 10.8. The maximum atomic E-state index is 13.7. The van der Waals surface area contributed by atoms with Gasteiger partial charge in [0, 0.05) is 6.54 Å². The van der Waals surface area contributed by atoms with E-state index in [1.54, 1.807) is 48.5 Å². The Labute approximate surface area is 219 Å². The second-order valence-corrected chi connectivity index (χ2v) is 11.9. The summed E-state index contributed by atoms with van der Waals surface area (Å²) in [6, 6.07) is -1.00. The van der Waals surface area contributed by atoms with Crippen LogP contribution in [0.1, 0.15) is 74.7 Å². The number of ether oxygens (including phenoxy) is 2. The van der Waals surface area contributed by atoms with Gasteiger partial charge in [-0.1, -0.05) is 26.7 Å². The van der Waals surface area contributed by atoms with Crippen molar-refractivity contribution in [3.8, 4) is 0 Å². The number of hydrogen-bond acceptors (Lipinski definition) is 8. The summed E-state index contributed by atoms with van der Waals surface area (Å²) in [5, 5.41) is 34.0. The number of carbonyl (C=O) groups excluding carboxylic acids is 3. The van der Waals surface area contributed by atoms with Gasteiger partial charge in [0.2, 0.25) is 5.91 Å². The van der Waals surface area contributed by atoms with E-state index in [4.69, 9.17) is 9.47 Å². The molecule has 13 heteroatoms. The van der Waals surface area contributed by atoms with Gasteiger partial charge in [-0.15, -0.1) is 0 Å². The van der Waals surface area contributed by atoms with Crippen LogP contribution in [0.2, 0.25) is 6.32 Å². The first-order valence-electron chi connectivity index (χ1n) is 12.7. The zero-order chi connectivity index (χ0) is 28.8. The molecule has 0 bridgehead atoms. The minimum absolute atomic E-state index is 0.0419. The van der Waals surface area contributed by atoms with Crippen LogP contribution in [0.3, 0.4) is 0 Å². The Morgan fingerprint density at radius 2 is 1.59 bits per heavy atom. The van der Waals surface area contributed by atoms with Crippen molar-refractivity contribution in [2.24, 2.45) is 11.8 Å². The minimum Gasteiger partial charge on any atom is -0.479 e. The number of carboxylic acid groups (broad SMARTS) is 1. The predicted molar refractivity (Wildman–Crippen MR) is 137 cm³/mol. The molecule has 0 aromatic rings. The molecule has 1 fully saturated rings. The van der Waals surface area contributed by atoms with E-state index in [0.717, 1.165) is 0 Å². The lowest BCUT2D eigenvalue weighted by Crippen LogP contribution is -2.68. The fourth-order valence-corrected chi connectivity index (χ4v) is 4.18. The quantitative estimate of drug-likeness (QED) is 0.280. The Bertz CT molecular complexity index is 825. The maximum Gasteiger partial charge on any atom is 0.451 e. The van der Waals surface area contributed by atoms with Crippen molar-refractivity contribution in [2.45, 2.75) is 104 Å². The van der Waals surface area contributed by atoms with Crippen LogP contribution in [-0.4, -0.2) is 87.1 Å². The summed E-state index contributed by atoms with van der Waals surface area (Å²) in [6.45, 7) is 13.4. The molecule has 0 aromatic heterocycles. The molecule has 1 aliphatic heterocycles. The molecule has 212 valence electrons. The van der Waals surface area contributed by atoms with Gasteiger partial charge in [-0.25, -0.2) is 14.4 Å². The minimum atomic E-state index is -1.88. The Morgan fingerprint density at radius 1 is 1.05 bits per heavy atom. The summed E-state index contributed by atoms with van der Waals surface area (Å²) in [7, 11) is -1.61. The Balaban J connectivity index is 3.34. The number of alkyl carbamates (subject to hydrolysis) is 2. The van der Waals surface area contributed by atoms with E-state index in [1.807, 2.05) is 6.92 Å². The number of amides is 3. The third-order valence-electron chi connectivity index (χ3n) is 6.02. The monoisotopic (exact) mass is 529 g/mol. The second kappa shape index (κ2) is 12.8. The third-order valence-corrected chi connectivity index (χ3v) is 6.02. The molecular weight excluding hydrogens is 485 g/mol. The van der Waals surface area contributed by atoms with Crippen LogP contribution in [0, 0.1) is 11.8 Å². The van der Waals surface area contributed by atoms with Crippen LogP contribution in [0.4, 0.5) is 9.59 Å². The molecular formula is C24H44BN3O9. The molecule has 0 saturated carbocycles. The number of nitrogens with zero attached hydrogens (tertiary/aromatic N) is 1. The molecule has 0 unspecified atom stereocenters. The summed E-state index contributed by atoms with van der Waals surface area (Å²) in [5.74, 6) is -2.67. The van der Waals surface area contributed by atoms with Gasteiger partial charge in [0.05, 0.1) is 6.54 Å². The zero-order valence-electron chi connectivity index (χ0n) is 23.3. The number of aliphatic carboxylic acids is 1. The first-order chi connectivity index (χ1) is 16.8. The van der Waals surface area contributed by atoms with Crippen LogP contribution in [0.5, 0.6) is 0 Å². The van der Waals surface area contributed by atoms with Gasteiger partial charge < -0.3 is 40.2 Å². The van der Waals surface area contributed by atoms with Gasteiger partial charge in [0.25, 0.3) is 0 Å². The van der Waals surface area contributed by atoms with Gasteiger partial charge in [0.1, 0.15) is 17.2 Å². The topological polar surface area (TPSA) is 175 Å². The molecule has 37 heavy (non-hydrogen) atoms. The van der Waals surface area contributed by atoms with Gasteiger partial charge in [-0.3, -0.25) is 4.79 Å².